The molecule has 0 aromatic heterocycles. The van der Waals surface area contributed by atoms with Crippen molar-refractivity contribution in [2.24, 2.45) is 0 Å². The fraction of sp³-hybridized carbons (Fsp3) is 0.591. The Morgan fingerprint density at radius 1 is 1.14 bits per heavy atom. The molecule has 29 heavy (non-hydrogen) atoms. The van der Waals surface area contributed by atoms with E-state index in [0.29, 0.717) is 24.4 Å². The van der Waals surface area contributed by atoms with E-state index in [1.807, 2.05) is 13.8 Å². The molecule has 0 spiro atoms. The summed E-state index contributed by atoms with van der Waals surface area (Å²) in [7, 11) is 0. The van der Waals surface area contributed by atoms with Crippen molar-refractivity contribution in [1.29, 1.82) is 0 Å². The number of benzene rings is 1. The lowest BCUT2D eigenvalue weighted by atomic mass is 9.98. The number of carbonyl (C=O) groups is 3. The van der Waals surface area contributed by atoms with E-state index in [1.165, 1.54) is 11.3 Å². The lowest BCUT2D eigenvalue weighted by molar-refractivity contribution is -0.153. The highest BCUT2D eigenvalue weighted by atomic mass is 16.5. The second-order valence-electron chi connectivity index (χ2n) is 7.95. The number of hydrogen-bond donors (Lipinski definition) is 1. The minimum Gasteiger partial charge on any atom is -0.491 e. The van der Waals surface area contributed by atoms with Gasteiger partial charge in [-0.05, 0) is 63.8 Å². The molecule has 7 heteroatoms. The average molecular weight is 402 g/mol. The first-order chi connectivity index (χ1) is 13.9. The normalized spacial score (nSPS) is 20.3. The van der Waals surface area contributed by atoms with E-state index in [9.17, 15) is 14.4 Å². The van der Waals surface area contributed by atoms with Crippen molar-refractivity contribution in [2.75, 3.05) is 13.1 Å². The van der Waals surface area contributed by atoms with Crippen LogP contribution in [0.3, 0.4) is 0 Å². The van der Waals surface area contributed by atoms with Crippen molar-refractivity contribution in [3.8, 4) is 5.75 Å². The minimum atomic E-state index is -0.848. The Balaban J connectivity index is 1.66. The maximum Gasteiger partial charge on any atom is 0.308 e. The summed E-state index contributed by atoms with van der Waals surface area (Å²) >= 11 is 0. The van der Waals surface area contributed by atoms with Crippen molar-refractivity contribution in [3.05, 3.63) is 29.8 Å². The maximum absolute atomic E-state index is 13.0. The summed E-state index contributed by atoms with van der Waals surface area (Å²) in [6.45, 7) is 4.59. The van der Waals surface area contributed by atoms with Gasteiger partial charge in [-0.2, -0.15) is 0 Å². The largest absolute Gasteiger partial charge is 0.491 e. The molecule has 1 saturated heterocycles. The highest BCUT2D eigenvalue weighted by Crippen LogP contribution is 2.22. The zero-order chi connectivity index (χ0) is 20.8. The quantitative estimate of drug-likeness (QED) is 0.740. The van der Waals surface area contributed by atoms with Crippen LogP contribution in [0.15, 0.2) is 24.3 Å². The van der Waals surface area contributed by atoms with Crippen molar-refractivity contribution < 1.29 is 23.9 Å². The van der Waals surface area contributed by atoms with E-state index in [-0.39, 0.29) is 30.4 Å². The van der Waals surface area contributed by atoms with E-state index in [1.54, 1.807) is 24.3 Å². The molecule has 1 aromatic carbocycles. The van der Waals surface area contributed by atoms with Gasteiger partial charge in [-0.1, -0.05) is 6.42 Å². The molecule has 1 atom stereocenters. The molecule has 2 amide bonds. The molecule has 1 N–H and O–H groups in total. The Morgan fingerprint density at radius 2 is 1.83 bits per heavy atom. The number of nitrogens with zero attached hydrogens (tertiary/aromatic N) is 1. The zero-order valence-electron chi connectivity index (χ0n) is 17.2. The number of esters is 1. The van der Waals surface area contributed by atoms with E-state index < -0.39 is 12.0 Å². The lowest BCUT2D eigenvalue weighted by Gasteiger charge is -2.35. The Labute approximate surface area is 171 Å². The van der Waals surface area contributed by atoms with Crippen LogP contribution in [0.25, 0.3) is 0 Å². The van der Waals surface area contributed by atoms with Crippen molar-refractivity contribution in [1.82, 2.24) is 10.2 Å². The molecule has 1 aliphatic heterocycles. The number of piperazine rings is 1. The molecule has 1 unspecified atom stereocenters. The summed E-state index contributed by atoms with van der Waals surface area (Å²) in [4.78, 5) is 39.3. The fourth-order valence-corrected chi connectivity index (χ4v) is 3.85. The summed E-state index contributed by atoms with van der Waals surface area (Å²) in [5.74, 6) is -0.325. The van der Waals surface area contributed by atoms with Crippen LogP contribution in [0.1, 0.15) is 62.7 Å². The predicted molar refractivity (Wildman–Crippen MR) is 108 cm³/mol. The van der Waals surface area contributed by atoms with E-state index in [2.05, 4.69) is 5.32 Å². The lowest BCUT2D eigenvalue weighted by Crippen LogP contribution is -2.58. The molecular weight excluding hydrogens is 372 g/mol. The second kappa shape index (κ2) is 9.76. The fourth-order valence-electron chi connectivity index (χ4n) is 3.85. The number of carbonyl (C=O) groups excluding carboxylic acids is 3. The molecule has 1 saturated carbocycles. The van der Waals surface area contributed by atoms with Gasteiger partial charge in [0.25, 0.3) is 5.91 Å². The molecule has 1 aliphatic carbocycles. The van der Waals surface area contributed by atoms with Crippen LogP contribution in [0.4, 0.5) is 0 Å². The van der Waals surface area contributed by atoms with Gasteiger partial charge in [0.15, 0.2) is 0 Å². The Morgan fingerprint density at radius 3 is 2.48 bits per heavy atom. The van der Waals surface area contributed by atoms with Gasteiger partial charge in [0, 0.05) is 18.7 Å². The van der Waals surface area contributed by atoms with Gasteiger partial charge in [-0.15, -0.1) is 0 Å². The zero-order valence-corrected chi connectivity index (χ0v) is 17.2. The molecule has 7 nitrogen and oxygen atoms in total. The van der Waals surface area contributed by atoms with Crippen LogP contribution in [0.2, 0.25) is 0 Å². The summed E-state index contributed by atoms with van der Waals surface area (Å²) in [6, 6.07) is 6.00. The highest BCUT2D eigenvalue weighted by molar-refractivity contribution is 5.99. The van der Waals surface area contributed by atoms with Crippen LogP contribution in [0.5, 0.6) is 5.75 Å². The molecule has 0 radical (unpaired) electrons. The van der Waals surface area contributed by atoms with E-state index in [0.717, 1.165) is 25.7 Å². The standard InChI is InChI=1S/C22H30N2O5/c1-15(2)28-18-10-8-16(9-11-18)22(27)24-13-12-23-21(26)19(24)14-20(25)29-17-6-4-3-5-7-17/h8-11,15,17,19H,3-7,12-14H2,1-2H3,(H,23,26). The molecule has 158 valence electrons. The van der Waals surface area contributed by atoms with Gasteiger partial charge in [-0.3, -0.25) is 14.4 Å². The van der Waals surface area contributed by atoms with Gasteiger partial charge in [0.1, 0.15) is 17.9 Å². The number of rotatable bonds is 6. The van der Waals surface area contributed by atoms with E-state index in [4.69, 9.17) is 9.47 Å². The number of ether oxygens (including phenoxy) is 2. The van der Waals surface area contributed by atoms with Crippen LogP contribution < -0.4 is 10.1 Å². The maximum atomic E-state index is 13.0. The summed E-state index contributed by atoms with van der Waals surface area (Å²) < 4.78 is 11.2. The summed E-state index contributed by atoms with van der Waals surface area (Å²) in [5, 5.41) is 2.75. The van der Waals surface area contributed by atoms with Crippen LogP contribution in [0, 0.1) is 0 Å². The highest BCUT2D eigenvalue weighted by Gasteiger charge is 2.36. The first kappa shape index (κ1) is 21.1. The summed E-state index contributed by atoms with van der Waals surface area (Å²) in [6.07, 6.45) is 4.88. The monoisotopic (exact) mass is 402 g/mol. The Kier molecular flexibility index (Phi) is 7.12. The Bertz CT molecular complexity index is 725. The topological polar surface area (TPSA) is 84.9 Å². The van der Waals surface area contributed by atoms with Gasteiger partial charge < -0.3 is 19.7 Å². The number of nitrogens with one attached hydrogen (secondary N) is 1. The van der Waals surface area contributed by atoms with Crippen LogP contribution in [-0.4, -0.2) is 54.0 Å². The third kappa shape index (κ3) is 5.71. The molecule has 0 bridgehead atoms. The molecule has 2 aliphatic rings. The van der Waals surface area contributed by atoms with Crippen LogP contribution in [-0.2, 0) is 14.3 Å². The molecule has 3 rings (SSSR count). The summed E-state index contributed by atoms with van der Waals surface area (Å²) in [5.41, 5.74) is 0.460. The van der Waals surface area contributed by atoms with Gasteiger partial charge in [-0.25, -0.2) is 0 Å². The van der Waals surface area contributed by atoms with Crippen molar-refractivity contribution in [2.45, 2.75) is 70.6 Å². The second-order valence-corrected chi connectivity index (χ2v) is 7.95. The molecule has 2 fully saturated rings. The average Bonchev–Trinajstić information content (AvgIpc) is 2.70. The number of amides is 2. The molecular formula is C22H30N2O5. The first-order valence-corrected chi connectivity index (χ1v) is 10.5. The van der Waals surface area contributed by atoms with Gasteiger partial charge in [0.2, 0.25) is 5.91 Å². The molecule has 1 aromatic rings. The van der Waals surface area contributed by atoms with E-state index >= 15 is 0 Å². The van der Waals surface area contributed by atoms with Gasteiger partial charge >= 0.3 is 5.97 Å². The number of hydrogen-bond acceptors (Lipinski definition) is 5. The third-order valence-corrected chi connectivity index (χ3v) is 5.28. The Hall–Kier alpha value is -2.57. The SMILES string of the molecule is CC(C)Oc1ccc(C(=O)N2CCNC(=O)C2CC(=O)OC2CCCCC2)cc1. The van der Waals surface area contributed by atoms with Crippen LogP contribution >= 0.6 is 0 Å². The smallest absolute Gasteiger partial charge is 0.308 e. The molecule has 1 heterocycles. The van der Waals surface area contributed by atoms with Gasteiger partial charge in [0.05, 0.1) is 12.5 Å². The first-order valence-electron chi connectivity index (χ1n) is 10.5. The minimum absolute atomic E-state index is 0.0434. The predicted octanol–water partition coefficient (Wildman–Crippen LogP) is 2.68. The van der Waals surface area contributed by atoms with Crippen molar-refractivity contribution >= 4 is 17.8 Å². The van der Waals surface area contributed by atoms with Crippen molar-refractivity contribution in [3.63, 3.8) is 0 Å². The third-order valence-electron chi connectivity index (χ3n) is 5.28.